The minimum atomic E-state index is 0.0458. The summed E-state index contributed by atoms with van der Waals surface area (Å²) in [7, 11) is 0. The van der Waals surface area contributed by atoms with E-state index in [9.17, 15) is 4.79 Å². The second-order valence-corrected chi connectivity index (χ2v) is 4.95. The third-order valence-electron chi connectivity index (χ3n) is 3.51. The molecule has 2 aliphatic rings. The van der Waals surface area contributed by atoms with E-state index in [-0.39, 0.29) is 12.2 Å². The normalized spacial score (nSPS) is 21.6. The van der Waals surface area contributed by atoms with Gasteiger partial charge in [0.05, 0.1) is 6.17 Å². The molecule has 0 aliphatic carbocycles. The Morgan fingerprint density at radius 2 is 2.06 bits per heavy atom. The number of nitrogens with zero attached hydrogens (tertiary/aromatic N) is 2. The third kappa shape index (κ3) is 3.52. The predicted molar refractivity (Wildman–Crippen MR) is 73.0 cm³/mol. The summed E-state index contributed by atoms with van der Waals surface area (Å²) >= 11 is 0. The second kappa shape index (κ2) is 6.47. The van der Waals surface area contributed by atoms with Crippen LogP contribution in [-0.2, 0) is 0 Å². The Labute approximate surface area is 109 Å². The molecular weight excluding hydrogens is 226 g/mol. The summed E-state index contributed by atoms with van der Waals surface area (Å²) in [6.07, 6.45) is 13.1. The van der Waals surface area contributed by atoms with Crippen molar-refractivity contribution in [1.82, 2.24) is 15.1 Å². The zero-order valence-electron chi connectivity index (χ0n) is 11.1. The van der Waals surface area contributed by atoms with Crippen LogP contribution in [0.25, 0.3) is 0 Å². The number of nitrogens with one attached hydrogen (secondary N) is 1. The molecule has 4 heteroatoms. The molecule has 0 radical (unpaired) electrons. The van der Waals surface area contributed by atoms with Crippen LogP contribution in [0.15, 0.2) is 24.4 Å². The van der Waals surface area contributed by atoms with Crippen LogP contribution >= 0.6 is 0 Å². The number of carbonyl (C=O) groups excluding carboxylic acids is 1. The van der Waals surface area contributed by atoms with Gasteiger partial charge in [-0.25, -0.2) is 4.79 Å². The standard InChI is InChI=1S/C14H23N3O/c1-13(16-9-5-2-3-6-10-16)15-14(18)17-11-7-4-8-12-17/h4-5,7,9,13H,2-3,6,8,10-12H2,1H3,(H,15,18). The molecule has 0 saturated carbocycles. The first kappa shape index (κ1) is 13.0. The van der Waals surface area contributed by atoms with Crippen molar-refractivity contribution in [3.63, 3.8) is 0 Å². The molecule has 0 bridgehead atoms. The Hall–Kier alpha value is -1.45. The summed E-state index contributed by atoms with van der Waals surface area (Å²) < 4.78 is 0. The smallest absolute Gasteiger partial charge is 0.319 e. The van der Waals surface area contributed by atoms with Crippen molar-refractivity contribution in [3.8, 4) is 0 Å². The van der Waals surface area contributed by atoms with E-state index < -0.39 is 0 Å². The fourth-order valence-corrected chi connectivity index (χ4v) is 2.34. The first-order chi connectivity index (χ1) is 8.77. The van der Waals surface area contributed by atoms with Crippen molar-refractivity contribution in [2.24, 2.45) is 0 Å². The Balaban J connectivity index is 1.83. The monoisotopic (exact) mass is 249 g/mol. The average molecular weight is 249 g/mol. The van der Waals surface area contributed by atoms with E-state index >= 15 is 0 Å². The first-order valence-corrected chi connectivity index (χ1v) is 6.90. The molecule has 0 fully saturated rings. The summed E-state index contributed by atoms with van der Waals surface area (Å²) in [6, 6.07) is 0.0458. The molecule has 18 heavy (non-hydrogen) atoms. The Morgan fingerprint density at radius 3 is 2.83 bits per heavy atom. The van der Waals surface area contributed by atoms with Gasteiger partial charge in [-0.1, -0.05) is 18.2 Å². The van der Waals surface area contributed by atoms with E-state index in [4.69, 9.17) is 0 Å². The van der Waals surface area contributed by atoms with Gasteiger partial charge in [0.15, 0.2) is 0 Å². The summed E-state index contributed by atoms with van der Waals surface area (Å²) in [5.41, 5.74) is 0. The minimum Gasteiger partial charge on any atom is -0.358 e. The van der Waals surface area contributed by atoms with Crippen molar-refractivity contribution in [3.05, 3.63) is 24.4 Å². The SMILES string of the molecule is CC(NC(=O)N1CC=CCC1)N1C=CCCCC1. The van der Waals surface area contributed by atoms with E-state index in [1.807, 2.05) is 11.8 Å². The number of carbonyl (C=O) groups is 1. The van der Waals surface area contributed by atoms with E-state index in [0.29, 0.717) is 0 Å². The maximum absolute atomic E-state index is 12.1. The average Bonchev–Trinajstić information content (AvgIpc) is 2.68. The van der Waals surface area contributed by atoms with Gasteiger partial charge in [0.1, 0.15) is 0 Å². The highest BCUT2D eigenvalue weighted by molar-refractivity contribution is 5.74. The highest BCUT2D eigenvalue weighted by Gasteiger charge is 2.18. The Morgan fingerprint density at radius 1 is 1.17 bits per heavy atom. The van der Waals surface area contributed by atoms with Gasteiger partial charge in [0.25, 0.3) is 0 Å². The second-order valence-electron chi connectivity index (χ2n) is 4.95. The molecular formula is C14H23N3O. The molecule has 1 N–H and O–H groups in total. The zero-order chi connectivity index (χ0) is 12.8. The third-order valence-corrected chi connectivity index (χ3v) is 3.51. The summed E-state index contributed by atoms with van der Waals surface area (Å²) in [6.45, 7) is 4.63. The van der Waals surface area contributed by atoms with Crippen LogP contribution in [-0.4, -0.2) is 41.6 Å². The van der Waals surface area contributed by atoms with Gasteiger partial charge >= 0.3 is 6.03 Å². The van der Waals surface area contributed by atoms with Gasteiger partial charge in [-0.3, -0.25) is 0 Å². The van der Waals surface area contributed by atoms with Crippen LogP contribution in [0.4, 0.5) is 4.79 Å². The minimum absolute atomic E-state index is 0.0458. The summed E-state index contributed by atoms with van der Waals surface area (Å²) in [5, 5.41) is 3.07. The maximum Gasteiger partial charge on any atom is 0.319 e. The quantitative estimate of drug-likeness (QED) is 0.762. The summed E-state index contributed by atoms with van der Waals surface area (Å²) in [4.78, 5) is 16.1. The molecule has 0 spiro atoms. The molecule has 0 saturated heterocycles. The fourth-order valence-electron chi connectivity index (χ4n) is 2.34. The molecule has 0 aromatic heterocycles. The number of urea groups is 1. The van der Waals surface area contributed by atoms with Crippen molar-refractivity contribution in [2.75, 3.05) is 19.6 Å². The molecule has 4 nitrogen and oxygen atoms in total. The molecule has 2 rings (SSSR count). The topological polar surface area (TPSA) is 35.6 Å². The van der Waals surface area contributed by atoms with Gasteiger partial charge in [-0.15, -0.1) is 0 Å². The number of allylic oxidation sites excluding steroid dienone is 1. The number of hydrogen-bond donors (Lipinski definition) is 1. The van der Waals surface area contributed by atoms with Crippen LogP contribution in [0.3, 0.4) is 0 Å². The predicted octanol–water partition coefficient (Wildman–Crippen LogP) is 2.30. The lowest BCUT2D eigenvalue weighted by Gasteiger charge is -2.31. The molecule has 0 aromatic carbocycles. The maximum atomic E-state index is 12.1. The van der Waals surface area contributed by atoms with Crippen LogP contribution in [0.5, 0.6) is 0 Å². The van der Waals surface area contributed by atoms with E-state index in [0.717, 1.165) is 32.5 Å². The van der Waals surface area contributed by atoms with Gasteiger partial charge < -0.3 is 15.1 Å². The zero-order valence-corrected chi connectivity index (χ0v) is 11.1. The Kier molecular flexibility index (Phi) is 4.67. The highest BCUT2D eigenvalue weighted by atomic mass is 16.2. The van der Waals surface area contributed by atoms with Gasteiger partial charge in [-0.05, 0) is 38.8 Å². The molecule has 1 unspecified atom stereocenters. The number of rotatable bonds is 2. The first-order valence-electron chi connectivity index (χ1n) is 6.90. The largest absolute Gasteiger partial charge is 0.358 e. The molecule has 2 heterocycles. The van der Waals surface area contributed by atoms with Gasteiger partial charge in [0, 0.05) is 19.6 Å². The molecule has 100 valence electrons. The van der Waals surface area contributed by atoms with Crippen molar-refractivity contribution in [1.29, 1.82) is 0 Å². The van der Waals surface area contributed by atoms with E-state index in [2.05, 4.69) is 34.6 Å². The van der Waals surface area contributed by atoms with Crippen molar-refractivity contribution >= 4 is 6.03 Å². The van der Waals surface area contributed by atoms with Gasteiger partial charge in [0.2, 0.25) is 0 Å². The van der Waals surface area contributed by atoms with Crippen molar-refractivity contribution < 1.29 is 4.79 Å². The molecule has 2 amide bonds. The number of hydrogen-bond acceptors (Lipinski definition) is 2. The lowest BCUT2D eigenvalue weighted by atomic mass is 10.2. The van der Waals surface area contributed by atoms with Crippen LogP contribution in [0, 0.1) is 0 Å². The van der Waals surface area contributed by atoms with E-state index in [1.165, 1.54) is 12.8 Å². The van der Waals surface area contributed by atoms with E-state index in [1.54, 1.807) is 0 Å². The molecule has 0 aromatic rings. The van der Waals surface area contributed by atoms with Crippen LogP contribution in [0.1, 0.15) is 32.6 Å². The number of amides is 2. The van der Waals surface area contributed by atoms with Crippen LogP contribution < -0.4 is 5.32 Å². The molecule has 2 aliphatic heterocycles. The lowest BCUT2D eigenvalue weighted by molar-refractivity contribution is 0.180. The fraction of sp³-hybridized carbons (Fsp3) is 0.643. The van der Waals surface area contributed by atoms with Crippen LogP contribution in [0.2, 0.25) is 0 Å². The molecule has 1 atom stereocenters. The summed E-state index contributed by atoms with van der Waals surface area (Å²) in [5.74, 6) is 0. The highest BCUT2D eigenvalue weighted by Crippen LogP contribution is 2.10. The van der Waals surface area contributed by atoms with Gasteiger partial charge in [-0.2, -0.15) is 0 Å². The lowest BCUT2D eigenvalue weighted by Crippen LogP contribution is -2.50. The Bertz CT molecular complexity index is 338. The van der Waals surface area contributed by atoms with Crippen molar-refractivity contribution in [2.45, 2.75) is 38.8 Å².